The number of benzene rings is 2. The molecule has 1 aliphatic rings. The molecule has 1 atom stereocenters. The summed E-state index contributed by atoms with van der Waals surface area (Å²) in [6.45, 7) is 0. The van der Waals surface area contributed by atoms with Crippen LogP contribution in [-0.2, 0) is 0 Å². The van der Waals surface area contributed by atoms with Crippen LogP contribution in [0.3, 0.4) is 0 Å². The van der Waals surface area contributed by atoms with Crippen molar-refractivity contribution in [3.05, 3.63) is 70.7 Å². The largest absolute Gasteiger partial charge is 0.364 e. The Labute approximate surface area is 140 Å². The van der Waals surface area contributed by atoms with E-state index in [1.54, 1.807) is 0 Å². The lowest BCUT2D eigenvalue weighted by Gasteiger charge is -2.23. The maximum atomic E-state index is 6.10. The normalized spacial score (nSPS) is 17.3. The highest BCUT2D eigenvalue weighted by Gasteiger charge is 2.30. The van der Waals surface area contributed by atoms with Gasteiger partial charge in [-0.25, -0.2) is 5.01 Å². The van der Waals surface area contributed by atoms with Crippen LogP contribution in [0, 0.1) is 0 Å². The molecule has 0 aromatic heterocycles. The standard InChI is InChI=1S/C17H16ClN3S/c1-19-17(22)21-16(12-6-3-2-4-7-12)11-15(20-21)13-8-5-9-14(18)10-13/h2-10,16H,11H2,1H3,(H,19,22). The van der Waals surface area contributed by atoms with Gasteiger partial charge in [-0.15, -0.1) is 0 Å². The molecule has 2 aromatic carbocycles. The summed E-state index contributed by atoms with van der Waals surface area (Å²) in [7, 11) is 1.82. The van der Waals surface area contributed by atoms with Crippen LogP contribution in [0.25, 0.3) is 0 Å². The molecule has 0 bridgehead atoms. The molecule has 112 valence electrons. The van der Waals surface area contributed by atoms with E-state index >= 15 is 0 Å². The highest BCUT2D eigenvalue weighted by molar-refractivity contribution is 7.80. The van der Waals surface area contributed by atoms with Crippen LogP contribution in [0.2, 0.25) is 5.02 Å². The Morgan fingerprint density at radius 3 is 2.68 bits per heavy atom. The van der Waals surface area contributed by atoms with Gasteiger partial charge in [-0.2, -0.15) is 5.10 Å². The van der Waals surface area contributed by atoms with Gasteiger partial charge < -0.3 is 5.32 Å². The minimum Gasteiger partial charge on any atom is -0.364 e. The average molecular weight is 330 g/mol. The van der Waals surface area contributed by atoms with Crippen molar-refractivity contribution in [1.29, 1.82) is 0 Å². The van der Waals surface area contributed by atoms with E-state index in [0.29, 0.717) is 10.1 Å². The molecule has 3 rings (SSSR count). The van der Waals surface area contributed by atoms with Gasteiger partial charge in [0.25, 0.3) is 0 Å². The SMILES string of the molecule is CNC(=S)N1N=C(c2cccc(Cl)c2)CC1c1ccccc1. The second-order valence-electron chi connectivity index (χ2n) is 5.09. The molecule has 0 spiro atoms. The topological polar surface area (TPSA) is 27.6 Å². The van der Waals surface area contributed by atoms with E-state index in [2.05, 4.69) is 17.4 Å². The lowest BCUT2D eigenvalue weighted by atomic mass is 9.99. The highest BCUT2D eigenvalue weighted by Crippen LogP contribution is 2.33. The molecular formula is C17H16ClN3S. The first-order valence-corrected chi connectivity index (χ1v) is 7.87. The van der Waals surface area contributed by atoms with Gasteiger partial charge in [0.2, 0.25) is 0 Å². The van der Waals surface area contributed by atoms with Gasteiger partial charge in [-0.1, -0.05) is 54.1 Å². The molecule has 2 aromatic rings. The Kier molecular flexibility index (Phi) is 4.41. The first-order chi connectivity index (χ1) is 10.7. The number of nitrogens with zero attached hydrogens (tertiary/aromatic N) is 2. The minimum atomic E-state index is 0.107. The monoisotopic (exact) mass is 329 g/mol. The van der Waals surface area contributed by atoms with Gasteiger partial charge in [-0.3, -0.25) is 0 Å². The molecule has 0 saturated carbocycles. The molecule has 1 aliphatic heterocycles. The summed E-state index contributed by atoms with van der Waals surface area (Å²) < 4.78 is 0. The van der Waals surface area contributed by atoms with Gasteiger partial charge in [0.05, 0.1) is 11.8 Å². The molecule has 1 heterocycles. The van der Waals surface area contributed by atoms with Crippen LogP contribution in [-0.4, -0.2) is 22.9 Å². The third kappa shape index (κ3) is 2.98. The Bertz CT molecular complexity index is 715. The summed E-state index contributed by atoms with van der Waals surface area (Å²) in [5.41, 5.74) is 3.23. The highest BCUT2D eigenvalue weighted by atomic mass is 35.5. The zero-order chi connectivity index (χ0) is 15.5. The molecule has 1 unspecified atom stereocenters. The van der Waals surface area contributed by atoms with Crippen molar-refractivity contribution in [3.63, 3.8) is 0 Å². The Balaban J connectivity index is 1.96. The molecule has 5 heteroatoms. The molecule has 0 amide bonds. The van der Waals surface area contributed by atoms with Gasteiger partial charge in [0.1, 0.15) is 0 Å². The molecule has 22 heavy (non-hydrogen) atoms. The first-order valence-electron chi connectivity index (χ1n) is 7.08. The van der Waals surface area contributed by atoms with Crippen LogP contribution in [0.15, 0.2) is 59.7 Å². The number of hydrazone groups is 1. The van der Waals surface area contributed by atoms with Crippen LogP contribution in [0.5, 0.6) is 0 Å². The van der Waals surface area contributed by atoms with Crippen LogP contribution in [0.1, 0.15) is 23.6 Å². The Morgan fingerprint density at radius 2 is 2.00 bits per heavy atom. The molecule has 3 nitrogen and oxygen atoms in total. The van der Waals surface area contributed by atoms with Crippen molar-refractivity contribution < 1.29 is 0 Å². The van der Waals surface area contributed by atoms with E-state index in [9.17, 15) is 0 Å². The van der Waals surface area contributed by atoms with E-state index in [0.717, 1.165) is 17.7 Å². The predicted molar refractivity (Wildman–Crippen MR) is 95.3 cm³/mol. The fourth-order valence-electron chi connectivity index (χ4n) is 2.59. The van der Waals surface area contributed by atoms with Crippen LogP contribution < -0.4 is 5.32 Å². The van der Waals surface area contributed by atoms with Gasteiger partial charge in [0.15, 0.2) is 5.11 Å². The molecule has 0 radical (unpaired) electrons. The molecule has 1 N–H and O–H groups in total. The molecular weight excluding hydrogens is 314 g/mol. The number of rotatable bonds is 2. The lowest BCUT2D eigenvalue weighted by Crippen LogP contribution is -2.34. The third-order valence-corrected chi connectivity index (χ3v) is 4.30. The smallest absolute Gasteiger partial charge is 0.189 e. The van der Waals surface area contributed by atoms with Gasteiger partial charge >= 0.3 is 0 Å². The predicted octanol–water partition coefficient (Wildman–Crippen LogP) is 4.00. The summed E-state index contributed by atoms with van der Waals surface area (Å²) >= 11 is 11.5. The van der Waals surface area contributed by atoms with Crippen LogP contribution in [0.4, 0.5) is 0 Å². The summed E-state index contributed by atoms with van der Waals surface area (Å²) in [6, 6.07) is 18.2. The third-order valence-electron chi connectivity index (χ3n) is 3.67. The zero-order valence-electron chi connectivity index (χ0n) is 12.2. The van der Waals surface area contributed by atoms with Crippen LogP contribution >= 0.6 is 23.8 Å². The van der Waals surface area contributed by atoms with Gasteiger partial charge in [0, 0.05) is 18.5 Å². The number of nitrogens with one attached hydrogen (secondary N) is 1. The van der Waals surface area contributed by atoms with Crippen molar-refractivity contribution in [2.45, 2.75) is 12.5 Å². The Morgan fingerprint density at radius 1 is 1.23 bits per heavy atom. The van der Waals surface area contributed by atoms with Crippen molar-refractivity contribution in [1.82, 2.24) is 10.3 Å². The van der Waals surface area contributed by atoms with E-state index in [1.807, 2.05) is 54.5 Å². The lowest BCUT2D eigenvalue weighted by molar-refractivity contribution is 0.367. The summed E-state index contributed by atoms with van der Waals surface area (Å²) in [5.74, 6) is 0. The second-order valence-corrected chi connectivity index (χ2v) is 5.91. The molecule has 0 saturated heterocycles. The van der Waals surface area contributed by atoms with E-state index in [1.165, 1.54) is 5.56 Å². The fourth-order valence-corrected chi connectivity index (χ4v) is 2.95. The van der Waals surface area contributed by atoms with E-state index < -0.39 is 0 Å². The minimum absolute atomic E-state index is 0.107. The number of hydrogen-bond donors (Lipinski definition) is 1. The number of halogens is 1. The number of thiocarbonyl (C=S) groups is 1. The summed E-state index contributed by atoms with van der Waals surface area (Å²) in [5, 5.41) is 10.9. The first kappa shape index (κ1) is 15.0. The van der Waals surface area contributed by atoms with Crippen molar-refractivity contribution in [2.24, 2.45) is 5.10 Å². The molecule has 0 fully saturated rings. The molecule has 0 aliphatic carbocycles. The summed E-state index contributed by atoms with van der Waals surface area (Å²) in [6.07, 6.45) is 0.798. The summed E-state index contributed by atoms with van der Waals surface area (Å²) in [4.78, 5) is 0. The van der Waals surface area contributed by atoms with E-state index in [4.69, 9.17) is 28.9 Å². The maximum Gasteiger partial charge on any atom is 0.189 e. The van der Waals surface area contributed by atoms with E-state index in [-0.39, 0.29) is 6.04 Å². The van der Waals surface area contributed by atoms with Crippen molar-refractivity contribution in [2.75, 3.05) is 7.05 Å². The maximum absolute atomic E-state index is 6.10. The van der Waals surface area contributed by atoms with Crippen molar-refractivity contribution in [3.8, 4) is 0 Å². The Hall–Kier alpha value is -1.91. The zero-order valence-corrected chi connectivity index (χ0v) is 13.7. The second kappa shape index (κ2) is 6.46. The van der Waals surface area contributed by atoms with Crippen molar-refractivity contribution >= 4 is 34.6 Å². The average Bonchev–Trinajstić information content (AvgIpc) is 3.00. The van der Waals surface area contributed by atoms with Gasteiger partial charge in [-0.05, 0) is 35.5 Å². The fraction of sp³-hybridized carbons (Fsp3) is 0.176. The number of hydrogen-bond acceptors (Lipinski definition) is 2. The quantitative estimate of drug-likeness (QED) is 0.844.